The maximum atomic E-state index is 2.48. The van der Waals surface area contributed by atoms with Gasteiger partial charge in [-0.25, -0.2) is 0 Å². The van der Waals surface area contributed by atoms with Gasteiger partial charge in [0.25, 0.3) is 0 Å². The summed E-state index contributed by atoms with van der Waals surface area (Å²) in [6, 6.07) is 77.3. The molecule has 0 aromatic heterocycles. The van der Waals surface area contributed by atoms with Crippen molar-refractivity contribution >= 4 is 60.2 Å². The fourth-order valence-electron chi connectivity index (χ4n) is 8.22. The minimum atomic E-state index is 1.10. The Morgan fingerprint density at radius 3 is 1.62 bits per heavy atom. The molecule has 1 nitrogen and oxygen atoms in total. The first-order chi connectivity index (χ1) is 26.3. The summed E-state index contributed by atoms with van der Waals surface area (Å²) in [6.45, 7) is 0. The summed E-state index contributed by atoms with van der Waals surface area (Å²) in [6.07, 6.45) is 0. The van der Waals surface area contributed by atoms with Gasteiger partial charge in [-0.2, -0.15) is 0 Å². The third-order valence-electron chi connectivity index (χ3n) is 10.6. The molecule has 0 heterocycles. The van der Waals surface area contributed by atoms with Crippen LogP contribution >= 0.6 is 0 Å². The molecule has 0 saturated carbocycles. The Balaban J connectivity index is 1.26. The van der Waals surface area contributed by atoms with Crippen molar-refractivity contribution in [1.29, 1.82) is 0 Å². The van der Waals surface area contributed by atoms with Gasteiger partial charge in [0.05, 0.1) is 11.4 Å². The predicted molar refractivity (Wildman–Crippen MR) is 227 cm³/mol. The molecule has 53 heavy (non-hydrogen) atoms. The zero-order chi connectivity index (χ0) is 35.1. The van der Waals surface area contributed by atoms with E-state index in [1.54, 1.807) is 0 Å². The van der Waals surface area contributed by atoms with Gasteiger partial charge in [-0.05, 0) is 95.9 Å². The lowest BCUT2D eigenvalue weighted by atomic mass is 9.91. The largest absolute Gasteiger partial charge is 0.309 e. The number of fused-ring (bicyclic) bond motifs is 5. The van der Waals surface area contributed by atoms with E-state index in [9.17, 15) is 0 Å². The van der Waals surface area contributed by atoms with Crippen molar-refractivity contribution in [2.45, 2.75) is 0 Å². The molecule has 0 atom stereocenters. The molecule has 0 radical (unpaired) electrons. The lowest BCUT2D eigenvalue weighted by molar-refractivity contribution is 1.30. The molecule has 0 spiro atoms. The van der Waals surface area contributed by atoms with Gasteiger partial charge in [-0.15, -0.1) is 0 Å². The summed E-state index contributed by atoms with van der Waals surface area (Å²) in [7, 11) is 0. The van der Waals surface area contributed by atoms with E-state index >= 15 is 0 Å². The second-order valence-corrected chi connectivity index (χ2v) is 13.7. The molecule has 0 aliphatic rings. The number of hydrogen-bond donors (Lipinski definition) is 0. The van der Waals surface area contributed by atoms with Crippen molar-refractivity contribution in [3.8, 4) is 33.4 Å². The molecule has 0 fully saturated rings. The van der Waals surface area contributed by atoms with E-state index in [-0.39, 0.29) is 0 Å². The molecule has 0 aliphatic heterocycles. The minimum Gasteiger partial charge on any atom is -0.309 e. The predicted octanol–water partition coefficient (Wildman–Crippen LogP) is 14.8. The standard InChI is InChI=1S/C52H35N/c1-2-16-36(17-3-1)44-32-33-52(48-28-11-10-26-46(44)48)53(40-22-14-21-38(34-40)42-30-15-20-37-18-4-6-23-41(37)42)51-31-13-12-29-49(51)50-35-39-19-5-7-24-43(39)45-25-8-9-27-47(45)50/h1-35H. The van der Waals surface area contributed by atoms with Gasteiger partial charge in [0.15, 0.2) is 0 Å². The minimum absolute atomic E-state index is 1.10. The molecule has 10 rings (SSSR count). The Bertz CT molecular complexity index is 2950. The van der Waals surface area contributed by atoms with Gasteiger partial charge in [0.2, 0.25) is 0 Å². The monoisotopic (exact) mass is 673 g/mol. The normalized spacial score (nSPS) is 11.4. The van der Waals surface area contributed by atoms with Gasteiger partial charge in [0.1, 0.15) is 0 Å². The summed E-state index contributed by atoms with van der Waals surface area (Å²) in [5.74, 6) is 0. The Morgan fingerprint density at radius 1 is 0.245 bits per heavy atom. The fraction of sp³-hybridized carbons (Fsp3) is 0. The third kappa shape index (κ3) is 5.34. The Kier molecular flexibility index (Phi) is 7.55. The summed E-state index contributed by atoms with van der Waals surface area (Å²) >= 11 is 0. The summed E-state index contributed by atoms with van der Waals surface area (Å²) in [5.41, 5.74) is 10.6. The van der Waals surface area contributed by atoms with Crippen LogP contribution in [0.25, 0.3) is 76.5 Å². The summed E-state index contributed by atoms with van der Waals surface area (Å²) < 4.78 is 0. The number of para-hydroxylation sites is 1. The highest BCUT2D eigenvalue weighted by Crippen LogP contribution is 2.47. The van der Waals surface area contributed by atoms with E-state index in [0.29, 0.717) is 0 Å². The Morgan fingerprint density at radius 2 is 0.792 bits per heavy atom. The van der Waals surface area contributed by atoms with Crippen LogP contribution in [0.3, 0.4) is 0 Å². The lowest BCUT2D eigenvalue weighted by Gasteiger charge is -2.30. The molecule has 1 heteroatoms. The van der Waals surface area contributed by atoms with Crippen molar-refractivity contribution in [1.82, 2.24) is 0 Å². The Labute approximate surface area is 309 Å². The Hall–Kier alpha value is -6.96. The van der Waals surface area contributed by atoms with E-state index in [1.165, 1.54) is 76.5 Å². The van der Waals surface area contributed by atoms with Gasteiger partial charge in [0, 0.05) is 16.6 Å². The number of hydrogen-bond acceptors (Lipinski definition) is 1. The van der Waals surface area contributed by atoms with Gasteiger partial charge in [-0.1, -0.05) is 182 Å². The topological polar surface area (TPSA) is 3.24 Å². The van der Waals surface area contributed by atoms with Crippen LogP contribution in [0.5, 0.6) is 0 Å². The molecule has 10 aromatic rings. The zero-order valence-electron chi connectivity index (χ0n) is 29.2. The highest BCUT2D eigenvalue weighted by atomic mass is 15.1. The second-order valence-electron chi connectivity index (χ2n) is 13.7. The first kappa shape index (κ1) is 30.8. The van der Waals surface area contributed by atoms with Crippen molar-refractivity contribution in [3.63, 3.8) is 0 Å². The summed E-state index contributed by atoms with van der Waals surface area (Å²) in [5, 5.41) is 9.92. The molecule has 0 saturated heterocycles. The molecule has 0 unspecified atom stereocenters. The quantitative estimate of drug-likeness (QED) is 0.159. The molecule has 10 aromatic carbocycles. The van der Waals surface area contributed by atoms with Crippen LogP contribution < -0.4 is 4.90 Å². The third-order valence-corrected chi connectivity index (χ3v) is 10.6. The van der Waals surface area contributed by atoms with E-state index in [2.05, 4.69) is 217 Å². The van der Waals surface area contributed by atoms with E-state index in [4.69, 9.17) is 0 Å². The fourth-order valence-corrected chi connectivity index (χ4v) is 8.22. The van der Waals surface area contributed by atoms with Crippen LogP contribution in [0.15, 0.2) is 212 Å². The van der Waals surface area contributed by atoms with Crippen LogP contribution in [-0.4, -0.2) is 0 Å². The molecule has 0 bridgehead atoms. The smallest absolute Gasteiger partial charge is 0.0540 e. The molecule has 0 N–H and O–H groups in total. The molecule has 0 aliphatic carbocycles. The maximum Gasteiger partial charge on any atom is 0.0540 e. The zero-order valence-corrected chi connectivity index (χ0v) is 29.2. The van der Waals surface area contributed by atoms with Crippen molar-refractivity contribution in [2.24, 2.45) is 0 Å². The van der Waals surface area contributed by atoms with Crippen molar-refractivity contribution < 1.29 is 0 Å². The molecular formula is C52H35N. The average molecular weight is 674 g/mol. The molecule has 0 amide bonds. The summed E-state index contributed by atoms with van der Waals surface area (Å²) in [4.78, 5) is 2.48. The highest BCUT2D eigenvalue weighted by Gasteiger charge is 2.22. The van der Waals surface area contributed by atoms with Gasteiger partial charge < -0.3 is 4.90 Å². The molecular weight excluding hydrogens is 639 g/mol. The van der Waals surface area contributed by atoms with Gasteiger partial charge >= 0.3 is 0 Å². The number of benzene rings is 10. The lowest BCUT2D eigenvalue weighted by Crippen LogP contribution is -2.12. The molecule has 248 valence electrons. The highest BCUT2D eigenvalue weighted by molar-refractivity contribution is 6.15. The van der Waals surface area contributed by atoms with Crippen molar-refractivity contribution in [3.05, 3.63) is 212 Å². The number of nitrogens with zero attached hydrogens (tertiary/aromatic N) is 1. The van der Waals surface area contributed by atoms with Crippen LogP contribution in [0.2, 0.25) is 0 Å². The average Bonchev–Trinajstić information content (AvgIpc) is 3.24. The SMILES string of the molecule is c1ccc(-c2ccc(N(c3cccc(-c4cccc5ccccc45)c3)c3ccccc3-c3cc4ccccc4c4ccccc34)c3ccccc23)cc1. The van der Waals surface area contributed by atoms with E-state index < -0.39 is 0 Å². The second kappa shape index (κ2) is 13.0. The van der Waals surface area contributed by atoms with Crippen LogP contribution in [0.4, 0.5) is 17.1 Å². The van der Waals surface area contributed by atoms with E-state index in [0.717, 1.165) is 17.1 Å². The van der Waals surface area contributed by atoms with Crippen LogP contribution in [0.1, 0.15) is 0 Å². The maximum absolute atomic E-state index is 2.48. The van der Waals surface area contributed by atoms with Gasteiger partial charge in [-0.3, -0.25) is 0 Å². The number of anilines is 3. The first-order valence-electron chi connectivity index (χ1n) is 18.3. The van der Waals surface area contributed by atoms with E-state index in [1.807, 2.05) is 0 Å². The first-order valence-corrected chi connectivity index (χ1v) is 18.3. The van der Waals surface area contributed by atoms with Crippen LogP contribution in [-0.2, 0) is 0 Å². The number of rotatable bonds is 6. The van der Waals surface area contributed by atoms with Crippen molar-refractivity contribution in [2.75, 3.05) is 4.90 Å². The van der Waals surface area contributed by atoms with Crippen LogP contribution in [0, 0.1) is 0 Å².